The van der Waals surface area contributed by atoms with Gasteiger partial charge in [0.2, 0.25) is 0 Å². The van der Waals surface area contributed by atoms with E-state index in [4.69, 9.17) is 9.72 Å². The van der Waals surface area contributed by atoms with E-state index in [1.165, 1.54) is 11.3 Å². The van der Waals surface area contributed by atoms with Crippen LogP contribution in [-0.2, 0) is 11.8 Å². The van der Waals surface area contributed by atoms with Crippen molar-refractivity contribution in [3.8, 4) is 23.3 Å². The number of carbonyl (C=O) groups is 1. The summed E-state index contributed by atoms with van der Waals surface area (Å²) in [5.41, 5.74) is 4.54. The zero-order chi connectivity index (χ0) is 25.6. The maximum Gasteiger partial charge on any atom is 0.410 e. The summed E-state index contributed by atoms with van der Waals surface area (Å²) in [6, 6.07) is 12.2. The number of amides is 1. The average Bonchev–Trinajstić information content (AvgIpc) is 3.44. The number of rotatable bonds is 2. The zero-order valence-electron chi connectivity index (χ0n) is 20.5. The van der Waals surface area contributed by atoms with Crippen molar-refractivity contribution in [3.05, 3.63) is 52.7 Å². The molecule has 1 aliphatic rings. The van der Waals surface area contributed by atoms with Crippen LogP contribution in [0.5, 0.6) is 0 Å². The molecule has 36 heavy (non-hydrogen) atoms. The Bertz CT molecular complexity index is 1640. The van der Waals surface area contributed by atoms with E-state index < -0.39 is 5.60 Å². The number of hydrogen-bond donors (Lipinski definition) is 0. The lowest BCUT2D eigenvalue weighted by atomic mass is 9.99. The zero-order valence-corrected chi connectivity index (χ0v) is 21.3. The van der Waals surface area contributed by atoms with Gasteiger partial charge in [0, 0.05) is 31.7 Å². The third-order valence-electron chi connectivity index (χ3n) is 5.93. The SMILES string of the molecule is Cn1cc2cc(-c3cc(C#N)c4nc(C5=CCN(C(=O)OC(C)(C)C)CC5)sc4c3)cc(C#N)c2n1. The molecule has 0 atom stereocenters. The van der Waals surface area contributed by atoms with E-state index in [-0.39, 0.29) is 6.09 Å². The first-order valence-electron chi connectivity index (χ1n) is 11.5. The molecule has 0 spiro atoms. The van der Waals surface area contributed by atoms with Crippen molar-refractivity contribution in [2.24, 2.45) is 7.05 Å². The molecule has 0 saturated heterocycles. The number of fused-ring (bicyclic) bond motifs is 2. The molecule has 0 saturated carbocycles. The topological polar surface area (TPSA) is 108 Å². The second kappa shape index (κ2) is 8.78. The van der Waals surface area contributed by atoms with Gasteiger partial charge < -0.3 is 9.64 Å². The summed E-state index contributed by atoms with van der Waals surface area (Å²) in [6.45, 7) is 6.57. The molecule has 4 aromatic rings. The highest BCUT2D eigenvalue weighted by molar-refractivity contribution is 7.19. The molecular weight excluding hydrogens is 472 g/mol. The van der Waals surface area contributed by atoms with Crippen molar-refractivity contribution in [2.75, 3.05) is 13.1 Å². The minimum atomic E-state index is -0.533. The van der Waals surface area contributed by atoms with E-state index in [2.05, 4.69) is 17.2 Å². The molecule has 5 rings (SSSR count). The minimum absolute atomic E-state index is 0.319. The average molecular weight is 497 g/mol. The molecule has 2 aromatic heterocycles. The second-order valence-electron chi connectivity index (χ2n) is 9.78. The summed E-state index contributed by atoms with van der Waals surface area (Å²) in [5.74, 6) is 0. The van der Waals surface area contributed by atoms with Gasteiger partial charge in [-0.25, -0.2) is 9.78 Å². The quantitative estimate of drug-likeness (QED) is 0.356. The predicted molar refractivity (Wildman–Crippen MR) is 139 cm³/mol. The van der Waals surface area contributed by atoms with Crippen LogP contribution >= 0.6 is 11.3 Å². The second-order valence-corrected chi connectivity index (χ2v) is 10.8. The number of thiazole rings is 1. The molecule has 0 aliphatic carbocycles. The standard InChI is InChI=1S/C27H24N6O2S/c1-27(2,3)35-26(34)33-7-5-16(6-8-33)25-30-24-20(14-29)10-18(12-22(24)36-25)17-9-19(13-28)23-21(11-17)15-32(4)31-23/h5,9-12,15H,6-8H2,1-4H3. The molecule has 8 nitrogen and oxygen atoms in total. The van der Waals surface area contributed by atoms with Crippen molar-refractivity contribution in [1.82, 2.24) is 19.7 Å². The summed E-state index contributed by atoms with van der Waals surface area (Å²) in [6.07, 6.45) is 4.23. The van der Waals surface area contributed by atoms with Crippen molar-refractivity contribution in [2.45, 2.75) is 32.8 Å². The fourth-order valence-corrected chi connectivity index (χ4v) is 5.38. The smallest absolute Gasteiger partial charge is 0.410 e. The maximum atomic E-state index is 12.4. The molecule has 0 bridgehead atoms. The van der Waals surface area contributed by atoms with Crippen LogP contribution in [0.3, 0.4) is 0 Å². The van der Waals surface area contributed by atoms with Gasteiger partial charge in [0.25, 0.3) is 0 Å². The molecule has 0 unspecified atom stereocenters. The molecule has 2 aromatic carbocycles. The summed E-state index contributed by atoms with van der Waals surface area (Å²) >= 11 is 1.53. The van der Waals surface area contributed by atoms with Gasteiger partial charge >= 0.3 is 6.09 Å². The van der Waals surface area contributed by atoms with Crippen LogP contribution in [0.4, 0.5) is 4.79 Å². The fraction of sp³-hybridized carbons (Fsp3) is 0.296. The number of aryl methyl sites for hydroxylation is 1. The lowest BCUT2D eigenvalue weighted by Gasteiger charge is -2.29. The number of nitrogens with zero attached hydrogens (tertiary/aromatic N) is 6. The van der Waals surface area contributed by atoms with Gasteiger partial charge in [-0.05, 0) is 68.2 Å². The van der Waals surface area contributed by atoms with Crippen LogP contribution in [0.1, 0.15) is 43.3 Å². The highest BCUT2D eigenvalue weighted by atomic mass is 32.1. The minimum Gasteiger partial charge on any atom is -0.444 e. The molecule has 1 amide bonds. The molecule has 0 fully saturated rings. The molecule has 3 heterocycles. The van der Waals surface area contributed by atoms with Crippen LogP contribution in [-0.4, -0.2) is 44.4 Å². The van der Waals surface area contributed by atoms with E-state index in [0.717, 1.165) is 31.8 Å². The van der Waals surface area contributed by atoms with Crippen molar-refractivity contribution >= 4 is 44.1 Å². The summed E-state index contributed by atoms with van der Waals surface area (Å²) in [5, 5.41) is 25.6. The van der Waals surface area contributed by atoms with Gasteiger partial charge in [-0.2, -0.15) is 15.6 Å². The maximum absolute atomic E-state index is 12.4. The molecule has 0 radical (unpaired) electrons. The van der Waals surface area contributed by atoms with Gasteiger partial charge in [0.1, 0.15) is 28.3 Å². The largest absolute Gasteiger partial charge is 0.444 e. The highest BCUT2D eigenvalue weighted by Crippen LogP contribution is 2.36. The number of carbonyl (C=O) groups excluding carboxylic acids is 1. The van der Waals surface area contributed by atoms with Crippen LogP contribution in [0.2, 0.25) is 0 Å². The third-order valence-corrected chi connectivity index (χ3v) is 7.01. The Labute approximate surface area is 212 Å². The lowest BCUT2D eigenvalue weighted by Crippen LogP contribution is -2.39. The normalized spacial score (nSPS) is 13.9. The number of hydrogen-bond acceptors (Lipinski definition) is 7. The first kappa shape index (κ1) is 23.5. The van der Waals surface area contributed by atoms with Gasteiger partial charge in [0.05, 0.1) is 21.3 Å². The van der Waals surface area contributed by atoms with Gasteiger partial charge in [0.15, 0.2) is 0 Å². The number of benzene rings is 2. The van der Waals surface area contributed by atoms with E-state index >= 15 is 0 Å². The first-order valence-corrected chi connectivity index (χ1v) is 12.4. The monoisotopic (exact) mass is 496 g/mol. The van der Waals surface area contributed by atoms with Gasteiger partial charge in [-0.3, -0.25) is 4.68 Å². The third kappa shape index (κ3) is 4.41. The number of nitriles is 2. The molecule has 180 valence electrons. The Kier molecular flexibility index (Phi) is 5.74. The Hall–Kier alpha value is -4.21. The summed E-state index contributed by atoms with van der Waals surface area (Å²) < 4.78 is 8.07. The molecular formula is C27H24N6O2S. The number of ether oxygens (including phenoxy) is 1. The van der Waals surface area contributed by atoms with Crippen LogP contribution in [0.15, 0.2) is 36.5 Å². The van der Waals surface area contributed by atoms with Crippen molar-refractivity contribution < 1.29 is 9.53 Å². The molecule has 1 aliphatic heterocycles. The van der Waals surface area contributed by atoms with E-state index in [1.807, 2.05) is 64.4 Å². The fourth-order valence-electron chi connectivity index (χ4n) is 4.28. The Morgan fingerprint density at radius 2 is 1.78 bits per heavy atom. The predicted octanol–water partition coefficient (Wildman–Crippen LogP) is 5.62. The van der Waals surface area contributed by atoms with Gasteiger partial charge in [-0.1, -0.05) is 6.08 Å². The van der Waals surface area contributed by atoms with Crippen LogP contribution in [0, 0.1) is 22.7 Å². The van der Waals surface area contributed by atoms with Crippen LogP contribution < -0.4 is 0 Å². The lowest BCUT2D eigenvalue weighted by molar-refractivity contribution is 0.0270. The van der Waals surface area contributed by atoms with Crippen LogP contribution in [0.25, 0.3) is 37.8 Å². The molecule has 0 N–H and O–H groups in total. The Balaban J connectivity index is 1.49. The Morgan fingerprint density at radius 1 is 1.08 bits per heavy atom. The van der Waals surface area contributed by atoms with E-state index in [9.17, 15) is 15.3 Å². The number of aromatic nitrogens is 3. The van der Waals surface area contributed by atoms with Gasteiger partial charge in [-0.15, -0.1) is 11.3 Å². The summed E-state index contributed by atoms with van der Waals surface area (Å²) in [7, 11) is 1.83. The van der Waals surface area contributed by atoms with Crippen molar-refractivity contribution in [1.29, 1.82) is 10.5 Å². The highest BCUT2D eigenvalue weighted by Gasteiger charge is 2.25. The van der Waals surface area contributed by atoms with E-state index in [1.54, 1.807) is 9.58 Å². The molecule has 9 heteroatoms. The first-order chi connectivity index (χ1) is 17.1. The van der Waals surface area contributed by atoms with Crippen molar-refractivity contribution in [3.63, 3.8) is 0 Å². The van der Waals surface area contributed by atoms with E-state index in [0.29, 0.717) is 41.7 Å². The summed E-state index contributed by atoms with van der Waals surface area (Å²) in [4.78, 5) is 18.9. The Morgan fingerprint density at radius 3 is 2.42 bits per heavy atom.